The summed E-state index contributed by atoms with van der Waals surface area (Å²) in [5.74, 6) is -0.666. The average molecular weight is 310 g/mol. The van der Waals surface area contributed by atoms with Crippen LogP contribution < -0.4 is 0 Å². The number of nitro benzene ring substituents is 1. The number of imide groups is 1. The standard InChI is InChI=1S/C17H14N2O4/c20-16-12-7-3-6-11-14(19(22)23)9-8-13(15(11)12)17(21)18(16)10-4-1-2-5-10/h3,6-10H,1-2,4-5H2. The summed E-state index contributed by atoms with van der Waals surface area (Å²) in [5, 5.41) is 12.0. The molecule has 6 nitrogen and oxygen atoms in total. The zero-order chi connectivity index (χ0) is 16.1. The molecule has 0 bridgehead atoms. The van der Waals surface area contributed by atoms with E-state index in [4.69, 9.17) is 0 Å². The summed E-state index contributed by atoms with van der Waals surface area (Å²) in [5.41, 5.74) is 0.681. The van der Waals surface area contributed by atoms with Gasteiger partial charge in [-0.15, -0.1) is 0 Å². The van der Waals surface area contributed by atoms with Crippen molar-refractivity contribution in [2.24, 2.45) is 0 Å². The van der Waals surface area contributed by atoms with Gasteiger partial charge in [0.05, 0.1) is 10.3 Å². The predicted octanol–water partition coefficient (Wildman–Crippen LogP) is 3.29. The van der Waals surface area contributed by atoms with E-state index in [0.29, 0.717) is 21.9 Å². The number of hydrogen-bond acceptors (Lipinski definition) is 4. The van der Waals surface area contributed by atoms with Gasteiger partial charge >= 0.3 is 0 Å². The van der Waals surface area contributed by atoms with Crippen molar-refractivity contribution in [3.8, 4) is 0 Å². The van der Waals surface area contributed by atoms with Gasteiger partial charge in [-0.3, -0.25) is 24.6 Å². The van der Waals surface area contributed by atoms with E-state index in [2.05, 4.69) is 0 Å². The molecular formula is C17H14N2O4. The fourth-order valence-corrected chi connectivity index (χ4v) is 3.75. The Balaban J connectivity index is 1.97. The minimum absolute atomic E-state index is 0.0615. The van der Waals surface area contributed by atoms with Crippen molar-refractivity contribution in [2.45, 2.75) is 31.7 Å². The Morgan fingerprint density at radius 3 is 2.30 bits per heavy atom. The van der Waals surface area contributed by atoms with Crippen LogP contribution in [0.2, 0.25) is 0 Å². The molecule has 1 heterocycles. The fraction of sp³-hybridized carbons (Fsp3) is 0.294. The predicted molar refractivity (Wildman–Crippen MR) is 83.4 cm³/mol. The highest BCUT2D eigenvalue weighted by atomic mass is 16.6. The molecule has 4 rings (SSSR count). The molecular weight excluding hydrogens is 296 g/mol. The van der Waals surface area contributed by atoms with Crippen molar-refractivity contribution < 1.29 is 14.5 Å². The number of rotatable bonds is 2. The zero-order valence-corrected chi connectivity index (χ0v) is 12.3. The molecule has 6 heteroatoms. The molecule has 0 radical (unpaired) electrons. The highest BCUT2D eigenvalue weighted by Gasteiger charge is 2.39. The zero-order valence-electron chi connectivity index (χ0n) is 12.3. The van der Waals surface area contributed by atoms with Gasteiger partial charge in [-0.05, 0) is 31.0 Å². The van der Waals surface area contributed by atoms with Crippen LogP contribution in [0.4, 0.5) is 5.69 Å². The van der Waals surface area contributed by atoms with E-state index in [1.54, 1.807) is 18.2 Å². The molecule has 1 aliphatic carbocycles. The summed E-state index contributed by atoms with van der Waals surface area (Å²) in [6, 6.07) is 7.63. The van der Waals surface area contributed by atoms with Gasteiger partial charge in [-0.25, -0.2) is 0 Å². The first-order chi connectivity index (χ1) is 11.1. The monoisotopic (exact) mass is 310 g/mol. The lowest BCUT2D eigenvalue weighted by Gasteiger charge is -2.31. The van der Waals surface area contributed by atoms with Crippen LogP contribution in [0.5, 0.6) is 0 Å². The Morgan fingerprint density at radius 1 is 1.00 bits per heavy atom. The number of nitro groups is 1. The Bertz CT molecular complexity index is 846. The van der Waals surface area contributed by atoms with Crippen LogP contribution in [0, 0.1) is 10.1 Å². The second-order valence-corrected chi connectivity index (χ2v) is 6.04. The molecule has 1 saturated carbocycles. The number of amides is 2. The first-order valence-corrected chi connectivity index (χ1v) is 7.67. The molecule has 0 N–H and O–H groups in total. The third-order valence-electron chi connectivity index (χ3n) is 4.80. The van der Waals surface area contributed by atoms with Crippen molar-refractivity contribution >= 4 is 28.3 Å². The van der Waals surface area contributed by atoms with Gasteiger partial charge in [0, 0.05) is 28.6 Å². The normalized spacial score (nSPS) is 18.0. The molecule has 2 amide bonds. The Kier molecular flexibility index (Phi) is 2.94. The largest absolute Gasteiger partial charge is 0.277 e. The smallest absolute Gasteiger partial charge is 0.271 e. The summed E-state index contributed by atoms with van der Waals surface area (Å²) >= 11 is 0. The van der Waals surface area contributed by atoms with Crippen molar-refractivity contribution in [1.29, 1.82) is 0 Å². The van der Waals surface area contributed by atoms with Gasteiger partial charge in [0.2, 0.25) is 0 Å². The maximum Gasteiger partial charge on any atom is 0.277 e. The Hall–Kier alpha value is -2.76. The van der Waals surface area contributed by atoms with E-state index >= 15 is 0 Å². The van der Waals surface area contributed by atoms with Gasteiger partial charge < -0.3 is 0 Å². The molecule has 0 saturated heterocycles. The van der Waals surface area contributed by atoms with Crippen molar-refractivity contribution in [1.82, 2.24) is 4.90 Å². The lowest BCUT2D eigenvalue weighted by molar-refractivity contribution is -0.383. The van der Waals surface area contributed by atoms with Gasteiger partial charge in [0.15, 0.2) is 0 Å². The highest BCUT2D eigenvalue weighted by Crippen LogP contribution is 2.37. The van der Waals surface area contributed by atoms with Crippen LogP contribution >= 0.6 is 0 Å². The van der Waals surface area contributed by atoms with Crippen LogP contribution in [-0.4, -0.2) is 27.7 Å². The maximum absolute atomic E-state index is 12.8. The van der Waals surface area contributed by atoms with Crippen LogP contribution in [0.3, 0.4) is 0 Å². The molecule has 0 unspecified atom stereocenters. The van der Waals surface area contributed by atoms with Gasteiger partial charge in [-0.1, -0.05) is 18.9 Å². The van der Waals surface area contributed by atoms with E-state index < -0.39 is 4.92 Å². The summed E-state index contributed by atoms with van der Waals surface area (Å²) < 4.78 is 0. The molecule has 2 aliphatic rings. The number of carbonyl (C=O) groups excluding carboxylic acids is 2. The van der Waals surface area contributed by atoms with E-state index in [9.17, 15) is 19.7 Å². The first kappa shape index (κ1) is 13.9. The number of non-ortho nitro benzene ring substituents is 1. The van der Waals surface area contributed by atoms with Crippen molar-refractivity contribution in [2.75, 3.05) is 0 Å². The van der Waals surface area contributed by atoms with Crippen LogP contribution in [-0.2, 0) is 0 Å². The number of carbonyl (C=O) groups is 2. The minimum atomic E-state index is -0.485. The molecule has 1 fully saturated rings. The van der Waals surface area contributed by atoms with Crippen molar-refractivity contribution in [3.63, 3.8) is 0 Å². The van der Waals surface area contributed by atoms with Gasteiger partial charge in [-0.2, -0.15) is 0 Å². The summed E-state index contributed by atoms with van der Waals surface area (Å²) in [6.07, 6.45) is 3.68. The summed E-state index contributed by atoms with van der Waals surface area (Å²) in [4.78, 5) is 37.7. The van der Waals surface area contributed by atoms with Gasteiger partial charge in [0.25, 0.3) is 17.5 Å². The molecule has 1 aliphatic heterocycles. The molecule has 116 valence electrons. The Labute approximate surface area is 131 Å². The van der Waals surface area contributed by atoms with E-state index in [0.717, 1.165) is 25.7 Å². The van der Waals surface area contributed by atoms with Crippen LogP contribution in [0.25, 0.3) is 10.8 Å². The summed E-state index contributed by atoms with van der Waals surface area (Å²) in [6.45, 7) is 0. The molecule has 23 heavy (non-hydrogen) atoms. The molecule has 2 aromatic carbocycles. The van der Waals surface area contributed by atoms with E-state index in [1.165, 1.54) is 17.0 Å². The topological polar surface area (TPSA) is 80.5 Å². The third kappa shape index (κ3) is 1.87. The van der Waals surface area contributed by atoms with Crippen LogP contribution in [0.15, 0.2) is 30.3 Å². The summed E-state index contributed by atoms with van der Waals surface area (Å²) in [7, 11) is 0. The van der Waals surface area contributed by atoms with E-state index in [-0.39, 0.29) is 23.5 Å². The van der Waals surface area contributed by atoms with Crippen LogP contribution in [0.1, 0.15) is 46.4 Å². The molecule has 0 atom stereocenters. The second kappa shape index (κ2) is 4.87. The number of nitrogens with zero attached hydrogens (tertiary/aromatic N) is 2. The average Bonchev–Trinajstić information content (AvgIpc) is 3.06. The second-order valence-electron chi connectivity index (χ2n) is 6.04. The maximum atomic E-state index is 12.8. The quantitative estimate of drug-likeness (QED) is 0.484. The van der Waals surface area contributed by atoms with Gasteiger partial charge in [0.1, 0.15) is 0 Å². The first-order valence-electron chi connectivity index (χ1n) is 7.67. The molecule has 0 aromatic heterocycles. The number of benzene rings is 2. The fourth-order valence-electron chi connectivity index (χ4n) is 3.75. The van der Waals surface area contributed by atoms with Crippen molar-refractivity contribution in [3.05, 3.63) is 51.6 Å². The molecule has 0 spiro atoms. The lowest BCUT2D eigenvalue weighted by Crippen LogP contribution is -2.46. The number of hydrogen-bond donors (Lipinski definition) is 0. The SMILES string of the molecule is O=C1c2cccc3c([N+](=O)[O-])ccc(c23)C(=O)N1C1CCCC1. The highest BCUT2D eigenvalue weighted by molar-refractivity contribution is 6.26. The lowest BCUT2D eigenvalue weighted by atomic mass is 9.92. The van der Waals surface area contributed by atoms with E-state index in [1.807, 2.05) is 0 Å². The Morgan fingerprint density at radius 2 is 1.65 bits per heavy atom. The molecule has 2 aromatic rings. The minimum Gasteiger partial charge on any atom is -0.271 e. The third-order valence-corrected chi connectivity index (χ3v) is 4.80.